The standard InChI is InChI=1S/C16H28N2O2S/c1-5-17(6-2)14-13-15-9-11-16(12-10-15)21(19,20)18(7-3)8-4/h9-12H,5-8,13-14H2,1-4H3. The van der Waals surface area contributed by atoms with Crippen molar-refractivity contribution >= 4 is 10.0 Å². The van der Waals surface area contributed by atoms with Gasteiger partial charge in [0.1, 0.15) is 0 Å². The van der Waals surface area contributed by atoms with Crippen molar-refractivity contribution in [1.29, 1.82) is 0 Å². The van der Waals surface area contributed by atoms with E-state index in [1.54, 1.807) is 12.1 Å². The van der Waals surface area contributed by atoms with Crippen molar-refractivity contribution < 1.29 is 8.42 Å². The lowest BCUT2D eigenvalue weighted by molar-refractivity contribution is 0.308. The molecule has 0 aliphatic carbocycles. The fourth-order valence-electron chi connectivity index (χ4n) is 2.37. The van der Waals surface area contributed by atoms with Crippen molar-refractivity contribution in [3.8, 4) is 0 Å². The SMILES string of the molecule is CCN(CC)CCc1ccc(S(=O)(=O)N(CC)CC)cc1. The van der Waals surface area contributed by atoms with Gasteiger partial charge in [-0.05, 0) is 37.2 Å². The summed E-state index contributed by atoms with van der Waals surface area (Å²) in [6, 6.07) is 7.32. The lowest BCUT2D eigenvalue weighted by Crippen LogP contribution is -2.30. The summed E-state index contributed by atoms with van der Waals surface area (Å²) in [5.74, 6) is 0. The van der Waals surface area contributed by atoms with Gasteiger partial charge in [-0.3, -0.25) is 0 Å². The number of benzene rings is 1. The van der Waals surface area contributed by atoms with Crippen LogP contribution in [0, 0.1) is 0 Å². The molecule has 4 nitrogen and oxygen atoms in total. The number of sulfonamides is 1. The number of hydrogen-bond donors (Lipinski definition) is 0. The minimum atomic E-state index is -3.34. The molecule has 1 aromatic rings. The van der Waals surface area contributed by atoms with E-state index in [2.05, 4.69) is 18.7 Å². The first-order valence-corrected chi connectivity index (χ1v) is 9.24. The van der Waals surface area contributed by atoms with Crippen molar-refractivity contribution in [1.82, 2.24) is 9.21 Å². The van der Waals surface area contributed by atoms with Gasteiger partial charge in [-0.2, -0.15) is 4.31 Å². The van der Waals surface area contributed by atoms with Crippen molar-refractivity contribution in [3.63, 3.8) is 0 Å². The van der Waals surface area contributed by atoms with E-state index in [0.29, 0.717) is 18.0 Å². The van der Waals surface area contributed by atoms with E-state index >= 15 is 0 Å². The van der Waals surface area contributed by atoms with Crippen molar-refractivity contribution in [2.24, 2.45) is 0 Å². The molecule has 5 heteroatoms. The third-order valence-corrected chi connectivity index (χ3v) is 5.94. The first-order valence-electron chi connectivity index (χ1n) is 7.80. The van der Waals surface area contributed by atoms with E-state index in [0.717, 1.165) is 26.1 Å². The Labute approximate surface area is 129 Å². The molecule has 0 saturated carbocycles. The fourth-order valence-corrected chi connectivity index (χ4v) is 3.83. The maximum absolute atomic E-state index is 12.4. The molecule has 0 aromatic heterocycles. The number of rotatable bonds is 9. The van der Waals surface area contributed by atoms with E-state index in [4.69, 9.17) is 0 Å². The van der Waals surface area contributed by atoms with E-state index in [9.17, 15) is 8.42 Å². The maximum Gasteiger partial charge on any atom is 0.243 e. The largest absolute Gasteiger partial charge is 0.304 e. The van der Waals surface area contributed by atoms with Crippen LogP contribution in [0.1, 0.15) is 33.3 Å². The molecule has 0 amide bonds. The second kappa shape index (κ2) is 8.51. The molecule has 120 valence electrons. The molecule has 21 heavy (non-hydrogen) atoms. The third-order valence-electron chi connectivity index (χ3n) is 3.88. The van der Waals surface area contributed by atoms with Gasteiger partial charge in [-0.25, -0.2) is 8.42 Å². The van der Waals surface area contributed by atoms with Gasteiger partial charge in [0.25, 0.3) is 0 Å². The topological polar surface area (TPSA) is 40.6 Å². The monoisotopic (exact) mass is 312 g/mol. The predicted molar refractivity (Wildman–Crippen MR) is 88.0 cm³/mol. The Morgan fingerprint density at radius 2 is 1.38 bits per heavy atom. The molecule has 0 radical (unpaired) electrons. The highest BCUT2D eigenvalue weighted by atomic mass is 32.2. The van der Waals surface area contributed by atoms with Gasteiger partial charge in [-0.15, -0.1) is 0 Å². The Balaban J connectivity index is 2.78. The lowest BCUT2D eigenvalue weighted by atomic mass is 10.1. The molecular formula is C16H28N2O2S. The zero-order chi connectivity index (χ0) is 15.9. The van der Waals surface area contributed by atoms with E-state index in [1.165, 1.54) is 9.87 Å². The van der Waals surface area contributed by atoms with E-state index < -0.39 is 10.0 Å². The number of hydrogen-bond acceptors (Lipinski definition) is 3. The second-order valence-electron chi connectivity index (χ2n) is 5.01. The molecular weight excluding hydrogens is 284 g/mol. The summed E-state index contributed by atoms with van der Waals surface area (Å²) in [5, 5.41) is 0. The molecule has 1 rings (SSSR count). The summed E-state index contributed by atoms with van der Waals surface area (Å²) in [7, 11) is -3.34. The average Bonchev–Trinajstić information content (AvgIpc) is 2.49. The Morgan fingerprint density at radius 1 is 0.857 bits per heavy atom. The lowest BCUT2D eigenvalue weighted by Gasteiger charge is -2.19. The van der Waals surface area contributed by atoms with Crippen molar-refractivity contribution in [2.75, 3.05) is 32.7 Å². The minimum absolute atomic E-state index is 0.387. The molecule has 1 aromatic carbocycles. The molecule has 0 aliphatic heterocycles. The average molecular weight is 312 g/mol. The summed E-state index contributed by atoms with van der Waals surface area (Å²) >= 11 is 0. The molecule has 0 spiro atoms. The molecule has 0 N–H and O–H groups in total. The predicted octanol–water partition coefficient (Wildman–Crippen LogP) is 2.60. The Morgan fingerprint density at radius 3 is 1.81 bits per heavy atom. The quantitative estimate of drug-likeness (QED) is 0.704. The van der Waals surface area contributed by atoms with E-state index in [-0.39, 0.29) is 0 Å². The van der Waals surface area contributed by atoms with Crippen LogP contribution in [0.3, 0.4) is 0 Å². The molecule has 0 unspecified atom stereocenters. The van der Waals surface area contributed by atoms with Crippen LogP contribution in [0.5, 0.6) is 0 Å². The van der Waals surface area contributed by atoms with Crippen molar-refractivity contribution in [2.45, 2.75) is 39.0 Å². The van der Waals surface area contributed by atoms with Gasteiger partial charge in [-0.1, -0.05) is 39.8 Å². The summed E-state index contributed by atoms with van der Waals surface area (Å²) in [5.41, 5.74) is 1.18. The summed E-state index contributed by atoms with van der Waals surface area (Å²) in [6.45, 7) is 12.1. The van der Waals surface area contributed by atoms with Crippen LogP contribution in [0.15, 0.2) is 29.2 Å². The third kappa shape index (κ3) is 4.80. The Kier molecular flexibility index (Phi) is 7.35. The second-order valence-corrected chi connectivity index (χ2v) is 6.95. The van der Waals surface area contributed by atoms with Gasteiger partial charge in [0.15, 0.2) is 0 Å². The summed E-state index contributed by atoms with van der Waals surface area (Å²) in [6.07, 6.45) is 0.952. The molecule has 0 heterocycles. The van der Waals surface area contributed by atoms with Crippen LogP contribution in [-0.2, 0) is 16.4 Å². The van der Waals surface area contributed by atoms with E-state index in [1.807, 2.05) is 26.0 Å². The molecule has 0 saturated heterocycles. The zero-order valence-corrected chi connectivity index (χ0v) is 14.5. The van der Waals surface area contributed by atoms with Crippen LogP contribution in [-0.4, -0.2) is 50.3 Å². The number of likely N-dealkylation sites (N-methyl/N-ethyl adjacent to an activating group) is 1. The molecule has 0 atom stereocenters. The highest BCUT2D eigenvalue weighted by Gasteiger charge is 2.21. The van der Waals surface area contributed by atoms with Crippen LogP contribution in [0.25, 0.3) is 0 Å². The highest BCUT2D eigenvalue weighted by Crippen LogP contribution is 2.16. The summed E-state index contributed by atoms with van der Waals surface area (Å²) < 4.78 is 26.2. The first-order chi connectivity index (χ1) is 9.99. The van der Waals surface area contributed by atoms with Gasteiger partial charge in [0, 0.05) is 19.6 Å². The fraction of sp³-hybridized carbons (Fsp3) is 0.625. The zero-order valence-electron chi connectivity index (χ0n) is 13.7. The van der Waals surface area contributed by atoms with Gasteiger partial charge >= 0.3 is 0 Å². The number of nitrogens with zero attached hydrogens (tertiary/aromatic N) is 2. The van der Waals surface area contributed by atoms with Crippen LogP contribution in [0.2, 0.25) is 0 Å². The minimum Gasteiger partial charge on any atom is -0.304 e. The smallest absolute Gasteiger partial charge is 0.243 e. The summed E-state index contributed by atoms with van der Waals surface area (Å²) in [4.78, 5) is 2.75. The van der Waals surface area contributed by atoms with Gasteiger partial charge in [0.2, 0.25) is 10.0 Å². The van der Waals surface area contributed by atoms with Gasteiger partial charge < -0.3 is 4.90 Å². The Bertz CT molecular complexity index is 504. The van der Waals surface area contributed by atoms with Crippen molar-refractivity contribution in [3.05, 3.63) is 29.8 Å². The van der Waals surface area contributed by atoms with Crippen LogP contribution < -0.4 is 0 Å². The molecule has 0 bridgehead atoms. The Hall–Kier alpha value is -0.910. The van der Waals surface area contributed by atoms with Gasteiger partial charge in [0.05, 0.1) is 4.90 Å². The molecule has 0 aliphatic rings. The normalized spacial score (nSPS) is 12.3. The van der Waals surface area contributed by atoms with Crippen LogP contribution >= 0.6 is 0 Å². The first kappa shape index (κ1) is 18.1. The maximum atomic E-state index is 12.4. The molecule has 0 fully saturated rings. The van der Waals surface area contributed by atoms with Crippen LogP contribution in [0.4, 0.5) is 0 Å². The highest BCUT2D eigenvalue weighted by molar-refractivity contribution is 7.89.